The van der Waals surface area contributed by atoms with Gasteiger partial charge >= 0.3 is 0 Å². The first-order valence-electron chi connectivity index (χ1n) is 13.5. The number of nitrogens with zero attached hydrogens (tertiary/aromatic N) is 3. The molecule has 2 heterocycles. The van der Waals surface area contributed by atoms with Gasteiger partial charge in [0.05, 0.1) is 10.5 Å². The molecule has 4 bridgehead atoms. The van der Waals surface area contributed by atoms with Gasteiger partial charge in [-0.05, 0) is 93.2 Å². The molecule has 1 saturated heterocycles. The average Bonchev–Trinajstić information content (AvgIpc) is 2.85. The van der Waals surface area contributed by atoms with Crippen LogP contribution in [0.3, 0.4) is 0 Å². The van der Waals surface area contributed by atoms with E-state index in [1.54, 1.807) is 24.3 Å². The maximum absolute atomic E-state index is 15.0. The summed E-state index contributed by atoms with van der Waals surface area (Å²) < 4.78 is 38.5. The van der Waals surface area contributed by atoms with E-state index in [-0.39, 0.29) is 46.2 Å². The van der Waals surface area contributed by atoms with Crippen LogP contribution >= 0.6 is 0 Å². The number of anilines is 2. The molecule has 0 spiro atoms. The third-order valence-corrected chi connectivity index (χ3v) is 10.3. The van der Waals surface area contributed by atoms with Crippen LogP contribution in [0.1, 0.15) is 49.5 Å². The van der Waals surface area contributed by atoms with Gasteiger partial charge in [-0.15, -0.1) is 0 Å². The highest BCUT2D eigenvalue weighted by atomic mass is 32.2. The van der Waals surface area contributed by atoms with Gasteiger partial charge in [0.2, 0.25) is 0 Å². The summed E-state index contributed by atoms with van der Waals surface area (Å²) >= 11 is 0. The van der Waals surface area contributed by atoms with Crippen molar-refractivity contribution in [3.8, 4) is 0 Å². The molecule has 4 saturated carbocycles. The Morgan fingerprint density at radius 2 is 1.76 bits per heavy atom. The van der Waals surface area contributed by atoms with Crippen LogP contribution in [0.25, 0.3) is 0 Å². The Kier molecular flexibility index (Phi) is 6.18. The zero-order valence-corrected chi connectivity index (χ0v) is 22.6. The van der Waals surface area contributed by atoms with Crippen molar-refractivity contribution >= 4 is 27.2 Å². The summed E-state index contributed by atoms with van der Waals surface area (Å²) in [6.07, 6.45) is 5.65. The molecule has 1 aliphatic heterocycles. The largest absolute Gasteiger partial charge is 0.390 e. The maximum Gasteiger partial charge on any atom is 0.270 e. The lowest BCUT2D eigenvalue weighted by molar-refractivity contribution is -0.136. The molecule has 3 unspecified atom stereocenters. The van der Waals surface area contributed by atoms with Crippen molar-refractivity contribution in [1.29, 1.82) is 0 Å². The highest BCUT2D eigenvalue weighted by Gasteiger charge is 2.55. The Labute approximate surface area is 223 Å². The fraction of sp³-hybridized carbons (Fsp3) is 0.571. The smallest absolute Gasteiger partial charge is 0.270 e. The molecule has 1 aromatic carbocycles. The number of amides is 1. The first kappa shape index (κ1) is 25.6. The van der Waals surface area contributed by atoms with Crippen LogP contribution in [0, 0.1) is 23.6 Å². The zero-order chi connectivity index (χ0) is 26.8. The molecule has 204 valence electrons. The summed E-state index contributed by atoms with van der Waals surface area (Å²) in [4.78, 5) is 22.0. The number of rotatable bonds is 5. The summed E-state index contributed by atoms with van der Waals surface area (Å²) in [6, 6.07) is 9.53. The number of sulfone groups is 1. The summed E-state index contributed by atoms with van der Waals surface area (Å²) in [5.41, 5.74) is 0.554. The standard InChI is InChI=1S/C28H35FN4O4S/c1-17-16-32(21-3-5-22(6-4-21)38(2,36)37)9-10-33(17)26-23(29)7-8-24(30-26)27(34)31-25-19-11-18-12-20(25)15-28(35,13-18)14-19/h3-8,17-20,25,35H,9-16H2,1-2H3,(H,31,34). The predicted octanol–water partition coefficient (Wildman–Crippen LogP) is 3.01. The van der Waals surface area contributed by atoms with Gasteiger partial charge in [0.15, 0.2) is 21.5 Å². The van der Waals surface area contributed by atoms with Gasteiger partial charge in [0, 0.05) is 43.7 Å². The second kappa shape index (κ2) is 9.19. The molecule has 0 radical (unpaired) electrons. The Bertz CT molecular complexity index is 1340. The van der Waals surface area contributed by atoms with Crippen LogP contribution in [-0.4, -0.2) is 68.0 Å². The van der Waals surface area contributed by atoms with E-state index >= 15 is 0 Å². The van der Waals surface area contributed by atoms with Crippen LogP contribution in [0.5, 0.6) is 0 Å². The Hall–Kier alpha value is -2.72. The van der Waals surface area contributed by atoms with E-state index in [0.29, 0.717) is 25.6 Å². The van der Waals surface area contributed by atoms with Crippen molar-refractivity contribution < 1.29 is 22.7 Å². The molecule has 1 aromatic heterocycles. The molecular formula is C28H35FN4O4S. The molecular weight excluding hydrogens is 507 g/mol. The number of nitrogens with one attached hydrogen (secondary N) is 1. The Balaban J connectivity index is 1.14. The second-order valence-corrected chi connectivity index (χ2v) is 14.0. The lowest BCUT2D eigenvalue weighted by Crippen LogP contribution is -2.61. The highest BCUT2D eigenvalue weighted by Crippen LogP contribution is 2.55. The highest BCUT2D eigenvalue weighted by molar-refractivity contribution is 7.90. The number of carbonyl (C=O) groups excluding carboxylic acids is 1. The summed E-state index contributed by atoms with van der Waals surface area (Å²) in [7, 11) is -3.26. The van der Waals surface area contributed by atoms with E-state index < -0.39 is 21.3 Å². The number of aliphatic hydroxyl groups is 1. The normalized spacial score (nSPS) is 32.5. The predicted molar refractivity (Wildman–Crippen MR) is 143 cm³/mol. The van der Waals surface area contributed by atoms with Crippen molar-refractivity contribution in [3.63, 3.8) is 0 Å². The van der Waals surface area contributed by atoms with Gasteiger partial charge in [-0.2, -0.15) is 0 Å². The Morgan fingerprint density at radius 1 is 1.08 bits per heavy atom. The third-order valence-electron chi connectivity index (χ3n) is 9.13. The van der Waals surface area contributed by atoms with Crippen LogP contribution in [-0.2, 0) is 9.84 Å². The molecule has 5 aliphatic rings. The maximum atomic E-state index is 15.0. The average molecular weight is 543 g/mol. The number of pyridine rings is 1. The molecule has 3 atom stereocenters. The molecule has 8 nitrogen and oxygen atoms in total. The summed E-state index contributed by atoms with van der Waals surface area (Å²) in [6.45, 7) is 3.71. The van der Waals surface area contributed by atoms with Crippen LogP contribution in [0.4, 0.5) is 15.9 Å². The third kappa shape index (κ3) is 4.66. The minimum absolute atomic E-state index is 0.0335. The first-order valence-corrected chi connectivity index (χ1v) is 15.4. The van der Waals surface area contributed by atoms with Gasteiger partial charge < -0.3 is 20.2 Å². The van der Waals surface area contributed by atoms with E-state index in [2.05, 4.69) is 15.2 Å². The Morgan fingerprint density at radius 3 is 2.37 bits per heavy atom. The molecule has 7 rings (SSSR count). The summed E-state index contributed by atoms with van der Waals surface area (Å²) in [5, 5.41) is 14.0. The number of piperazine rings is 1. The van der Waals surface area contributed by atoms with E-state index in [0.717, 1.165) is 37.8 Å². The molecule has 2 N–H and O–H groups in total. The quantitative estimate of drug-likeness (QED) is 0.599. The number of hydrogen-bond donors (Lipinski definition) is 2. The van der Waals surface area contributed by atoms with Crippen molar-refractivity contribution in [2.75, 3.05) is 35.7 Å². The lowest BCUT2D eigenvalue weighted by atomic mass is 9.52. The van der Waals surface area contributed by atoms with Crippen LogP contribution in [0.15, 0.2) is 41.3 Å². The van der Waals surface area contributed by atoms with E-state index in [1.807, 2.05) is 11.8 Å². The fourth-order valence-electron chi connectivity index (χ4n) is 7.61. The molecule has 5 fully saturated rings. The zero-order valence-electron chi connectivity index (χ0n) is 21.8. The van der Waals surface area contributed by atoms with Gasteiger partial charge in [-0.3, -0.25) is 4.79 Å². The van der Waals surface area contributed by atoms with Crippen molar-refractivity contribution in [1.82, 2.24) is 10.3 Å². The fourth-order valence-corrected chi connectivity index (χ4v) is 8.24. The SMILES string of the molecule is CC1CN(c2ccc(S(C)(=O)=O)cc2)CCN1c1nc(C(=O)NC2C3CC4CC2CC(O)(C4)C3)ccc1F. The lowest BCUT2D eigenvalue weighted by Gasteiger charge is -2.58. The monoisotopic (exact) mass is 542 g/mol. The minimum Gasteiger partial charge on any atom is -0.390 e. The number of aromatic nitrogens is 1. The topological polar surface area (TPSA) is 103 Å². The van der Waals surface area contributed by atoms with Gasteiger partial charge in [-0.25, -0.2) is 17.8 Å². The second-order valence-electron chi connectivity index (χ2n) is 11.9. The number of halogens is 1. The first-order chi connectivity index (χ1) is 18.0. The van der Waals surface area contributed by atoms with Gasteiger partial charge in [0.25, 0.3) is 5.91 Å². The van der Waals surface area contributed by atoms with E-state index in [9.17, 15) is 22.7 Å². The van der Waals surface area contributed by atoms with E-state index in [1.165, 1.54) is 18.4 Å². The van der Waals surface area contributed by atoms with Crippen LogP contribution in [0.2, 0.25) is 0 Å². The van der Waals surface area contributed by atoms with Crippen molar-refractivity contribution in [3.05, 3.63) is 47.9 Å². The molecule has 10 heteroatoms. The molecule has 4 aliphatic carbocycles. The molecule has 1 amide bonds. The number of carbonyl (C=O) groups is 1. The van der Waals surface area contributed by atoms with Crippen molar-refractivity contribution in [2.45, 2.75) is 61.6 Å². The van der Waals surface area contributed by atoms with Gasteiger partial charge in [-0.1, -0.05) is 0 Å². The van der Waals surface area contributed by atoms with Gasteiger partial charge in [0.1, 0.15) is 5.69 Å². The number of benzene rings is 1. The molecule has 2 aromatic rings. The van der Waals surface area contributed by atoms with E-state index in [4.69, 9.17) is 0 Å². The summed E-state index contributed by atoms with van der Waals surface area (Å²) in [5.74, 6) is 0.559. The number of hydrogen-bond acceptors (Lipinski definition) is 7. The van der Waals surface area contributed by atoms with Crippen molar-refractivity contribution in [2.24, 2.45) is 17.8 Å². The minimum atomic E-state index is -3.26. The van der Waals surface area contributed by atoms with Crippen LogP contribution < -0.4 is 15.1 Å². The molecule has 38 heavy (non-hydrogen) atoms.